The summed E-state index contributed by atoms with van der Waals surface area (Å²) in [6.07, 6.45) is 1.98. The standard InChI is InChI=1S/C22H26Cl2N2O4S/c1-30-18-9-7-16(8-10-18)11-12-25-22(27)17-4-3-13-26(14-17)31(28,29)15-19-20(23)5-2-6-21(19)24/h2,5-10,17H,3-4,11-15H2,1H3,(H,25,27)/t17-/m1/s1. The van der Waals surface area contributed by atoms with E-state index in [4.69, 9.17) is 27.9 Å². The molecule has 1 amide bonds. The highest BCUT2D eigenvalue weighted by molar-refractivity contribution is 7.88. The molecule has 1 aliphatic rings. The van der Waals surface area contributed by atoms with Crippen LogP contribution in [0.4, 0.5) is 0 Å². The Morgan fingerprint density at radius 1 is 1.16 bits per heavy atom. The lowest BCUT2D eigenvalue weighted by atomic mass is 9.99. The smallest absolute Gasteiger partial charge is 0.224 e. The number of carbonyl (C=O) groups excluding carboxylic acids is 1. The van der Waals surface area contributed by atoms with Crippen molar-refractivity contribution in [2.45, 2.75) is 25.0 Å². The molecule has 6 nitrogen and oxygen atoms in total. The highest BCUT2D eigenvalue weighted by atomic mass is 35.5. The summed E-state index contributed by atoms with van der Waals surface area (Å²) in [5, 5.41) is 3.58. The predicted molar refractivity (Wildman–Crippen MR) is 123 cm³/mol. The van der Waals surface area contributed by atoms with Crippen LogP contribution in [-0.2, 0) is 27.0 Å². The van der Waals surface area contributed by atoms with E-state index in [-0.39, 0.29) is 24.1 Å². The lowest BCUT2D eigenvalue weighted by molar-refractivity contribution is -0.126. The van der Waals surface area contributed by atoms with E-state index in [2.05, 4.69) is 5.32 Å². The van der Waals surface area contributed by atoms with Gasteiger partial charge in [0.2, 0.25) is 15.9 Å². The molecular formula is C22H26Cl2N2O4S. The van der Waals surface area contributed by atoms with E-state index in [9.17, 15) is 13.2 Å². The maximum atomic E-state index is 12.9. The highest BCUT2D eigenvalue weighted by Crippen LogP contribution is 2.29. The van der Waals surface area contributed by atoms with Crippen LogP contribution in [0.15, 0.2) is 42.5 Å². The van der Waals surface area contributed by atoms with Gasteiger partial charge in [-0.2, -0.15) is 0 Å². The molecule has 0 unspecified atom stereocenters. The number of nitrogens with one attached hydrogen (secondary N) is 1. The van der Waals surface area contributed by atoms with Crippen LogP contribution in [0.1, 0.15) is 24.0 Å². The Labute approximate surface area is 193 Å². The number of ether oxygens (including phenoxy) is 1. The molecule has 3 rings (SSSR count). The number of amides is 1. The van der Waals surface area contributed by atoms with Gasteiger partial charge >= 0.3 is 0 Å². The van der Waals surface area contributed by atoms with E-state index >= 15 is 0 Å². The Morgan fingerprint density at radius 2 is 1.84 bits per heavy atom. The maximum absolute atomic E-state index is 12.9. The van der Waals surface area contributed by atoms with Gasteiger partial charge in [-0.1, -0.05) is 41.4 Å². The molecule has 1 atom stereocenters. The van der Waals surface area contributed by atoms with Crippen molar-refractivity contribution in [1.29, 1.82) is 0 Å². The highest BCUT2D eigenvalue weighted by Gasteiger charge is 2.33. The van der Waals surface area contributed by atoms with Crippen molar-refractivity contribution < 1.29 is 17.9 Å². The Balaban J connectivity index is 1.55. The largest absolute Gasteiger partial charge is 0.497 e. The molecule has 168 valence electrons. The van der Waals surface area contributed by atoms with Crippen molar-refractivity contribution >= 4 is 39.1 Å². The minimum absolute atomic E-state index is 0.121. The Morgan fingerprint density at radius 3 is 2.48 bits per heavy atom. The Hall–Kier alpha value is -1.80. The molecule has 1 saturated heterocycles. The molecule has 1 heterocycles. The minimum atomic E-state index is -3.65. The Kier molecular flexibility index (Phi) is 8.22. The van der Waals surface area contributed by atoms with Crippen molar-refractivity contribution in [2.75, 3.05) is 26.7 Å². The van der Waals surface area contributed by atoms with Gasteiger partial charge in [-0.3, -0.25) is 4.79 Å². The van der Waals surface area contributed by atoms with Crippen LogP contribution in [0, 0.1) is 5.92 Å². The zero-order chi connectivity index (χ0) is 22.4. The molecular weight excluding hydrogens is 459 g/mol. The first-order valence-corrected chi connectivity index (χ1v) is 12.5. The fraction of sp³-hybridized carbons (Fsp3) is 0.409. The fourth-order valence-electron chi connectivity index (χ4n) is 3.62. The van der Waals surface area contributed by atoms with Crippen molar-refractivity contribution in [3.63, 3.8) is 0 Å². The van der Waals surface area contributed by atoms with Crippen molar-refractivity contribution in [1.82, 2.24) is 9.62 Å². The van der Waals surface area contributed by atoms with E-state index in [1.54, 1.807) is 25.3 Å². The van der Waals surface area contributed by atoms with Crippen molar-refractivity contribution in [3.8, 4) is 5.75 Å². The second kappa shape index (κ2) is 10.7. The number of halogens is 2. The number of benzene rings is 2. The van der Waals surface area contributed by atoms with Gasteiger partial charge in [-0.25, -0.2) is 12.7 Å². The number of sulfonamides is 1. The number of rotatable bonds is 8. The summed E-state index contributed by atoms with van der Waals surface area (Å²) >= 11 is 12.3. The molecule has 0 radical (unpaired) electrons. The normalized spacial score (nSPS) is 17.3. The average Bonchev–Trinajstić information content (AvgIpc) is 2.77. The SMILES string of the molecule is COc1ccc(CCNC(=O)[C@@H]2CCCN(S(=O)(=O)Cc3c(Cl)cccc3Cl)C2)cc1. The van der Waals surface area contributed by atoms with E-state index in [1.807, 2.05) is 24.3 Å². The van der Waals surface area contributed by atoms with Crippen LogP contribution in [0.25, 0.3) is 0 Å². The van der Waals surface area contributed by atoms with Crippen LogP contribution < -0.4 is 10.1 Å². The predicted octanol–water partition coefficient (Wildman–Crippen LogP) is 3.90. The number of piperidine rings is 1. The molecule has 0 bridgehead atoms. The number of hydrogen-bond donors (Lipinski definition) is 1. The third-order valence-electron chi connectivity index (χ3n) is 5.41. The lowest BCUT2D eigenvalue weighted by Crippen LogP contribution is -2.46. The molecule has 1 fully saturated rings. The molecule has 2 aromatic carbocycles. The number of methoxy groups -OCH3 is 1. The van der Waals surface area contributed by atoms with Crippen LogP contribution in [0.5, 0.6) is 5.75 Å². The number of carbonyl (C=O) groups is 1. The van der Waals surface area contributed by atoms with Gasteiger partial charge in [-0.15, -0.1) is 0 Å². The molecule has 2 aromatic rings. The maximum Gasteiger partial charge on any atom is 0.224 e. The molecule has 9 heteroatoms. The topological polar surface area (TPSA) is 75.7 Å². The van der Waals surface area contributed by atoms with Gasteiger partial charge in [0.15, 0.2) is 0 Å². The molecule has 0 aliphatic carbocycles. The lowest BCUT2D eigenvalue weighted by Gasteiger charge is -2.31. The first-order chi connectivity index (χ1) is 14.8. The molecule has 31 heavy (non-hydrogen) atoms. The summed E-state index contributed by atoms with van der Waals surface area (Å²) in [5.74, 6) is 0.0109. The molecule has 1 N–H and O–H groups in total. The van der Waals surface area contributed by atoms with Gasteiger partial charge in [0.25, 0.3) is 0 Å². The van der Waals surface area contributed by atoms with Gasteiger partial charge in [0, 0.05) is 35.2 Å². The minimum Gasteiger partial charge on any atom is -0.497 e. The van der Waals surface area contributed by atoms with Gasteiger partial charge in [0.05, 0.1) is 18.8 Å². The fourth-order valence-corrected chi connectivity index (χ4v) is 5.98. The molecule has 0 spiro atoms. The first-order valence-electron chi connectivity index (χ1n) is 10.1. The summed E-state index contributed by atoms with van der Waals surface area (Å²) in [6.45, 7) is 1.04. The third kappa shape index (κ3) is 6.35. The van der Waals surface area contributed by atoms with Crippen molar-refractivity contribution in [3.05, 3.63) is 63.6 Å². The van der Waals surface area contributed by atoms with Gasteiger partial charge < -0.3 is 10.1 Å². The summed E-state index contributed by atoms with van der Waals surface area (Å²) in [5.41, 5.74) is 1.47. The Bertz CT molecular complexity index is 992. The molecule has 1 aliphatic heterocycles. The zero-order valence-corrected chi connectivity index (χ0v) is 19.6. The summed E-state index contributed by atoms with van der Waals surface area (Å²) in [4.78, 5) is 12.6. The summed E-state index contributed by atoms with van der Waals surface area (Å²) in [7, 11) is -2.03. The second-order valence-corrected chi connectivity index (χ2v) is 10.3. The zero-order valence-electron chi connectivity index (χ0n) is 17.3. The number of hydrogen-bond acceptors (Lipinski definition) is 4. The molecule has 0 aromatic heterocycles. The third-order valence-corrected chi connectivity index (χ3v) is 7.89. The van der Waals surface area contributed by atoms with Gasteiger partial charge in [-0.05, 0) is 49.1 Å². The summed E-state index contributed by atoms with van der Waals surface area (Å²) < 4.78 is 32.4. The van der Waals surface area contributed by atoms with Crippen molar-refractivity contribution in [2.24, 2.45) is 5.92 Å². The summed E-state index contributed by atoms with van der Waals surface area (Å²) in [6, 6.07) is 12.6. The first kappa shape index (κ1) is 23.9. The van der Waals surface area contributed by atoms with Crippen LogP contribution in [-0.4, -0.2) is 45.4 Å². The average molecular weight is 485 g/mol. The van der Waals surface area contributed by atoms with Crippen LogP contribution in [0.3, 0.4) is 0 Å². The monoisotopic (exact) mass is 484 g/mol. The second-order valence-electron chi connectivity index (χ2n) is 7.54. The van der Waals surface area contributed by atoms with Crippen LogP contribution in [0.2, 0.25) is 10.0 Å². The van der Waals surface area contributed by atoms with E-state index in [0.717, 1.165) is 11.3 Å². The van der Waals surface area contributed by atoms with Crippen LogP contribution >= 0.6 is 23.2 Å². The van der Waals surface area contributed by atoms with Gasteiger partial charge in [0.1, 0.15) is 5.75 Å². The number of nitrogens with zero attached hydrogens (tertiary/aromatic N) is 1. The molecule has 0 saturated carbocycles. The van der Waals surface area contributed by atoms with E-state index in [1.165, 1.54) is 4.31 Å². The quantitative estimate of drug-likeness (QED) is 0.616. The van der Waals surface area contributed by atoms with E-state index in [0.29, 0.717) is 48.0 Å². The van der Waals surface area contributed by atoms with E-state index < -0.39 is 10.0 Å².